The zero-order valence-electron chi connectivity index (χ0n) is 15.9. The van der Waals surface area contributed by atoms with E-state index in [9.17, 15) is 4.39 Å². The Morgan fingerprint density at radius 1 is 0.857 bits per heavy atom. The maximum atomic E-state index is 14.3. The third-order valence-electron chi connectivity index (χ3n) is 4.67. The van der Waals surface area contributed by atoms with Gasteiger partial charge < -0.3 is 10.5 Å². The minimum absolute atomic E-state index is 0.286. The molecule has 3 nitrogen and oxygen atoms in total. The summed E-state index contributed by atoms with van der Waals surface area (Å²) >= 11 is 6.26. The summed E-state index contributed by atoms with van der Waals surface area (Å²) in [5, 5.41) is 0.443. The second kappa shape index (κ2) is 9.69. The lowest BCUT2D eigenvalue weighted by atomic mass is 10.1. The highest BCUT2D eigenvalue weighted by Gasteiger charge is 2.14. The van der Waals surface area contributed by atoms with E-state index in [2.05, 4.69) is 17.0 Å². The molecule has 28 heavy (non-hydrogen) atoms. The topological polar surface area (TPSA) is 38.5 Å². The van der Waals surface area contributed by atoms with Crippen molar-refractivity contribution in [3.8, 4) is 5.75 Å². The van der Waals surface area contributed by atoms with Gasteiger partial charge in [-0.3, -0.25) is 4.90 Å². The molecule has 0 aliphatic carbocycles. The molecule has 0 saturated carbocycles. The highest BCUT2D eigenvalue weighted by atomic mass is 35.5. The Morgan fingerprint density at radius 3 is 1.96 bits per heavy atom. The normalized spacial score (nSPS) is 11.0. The first-order valence-electron chi connectivity index (χ1n) is 9.15. The van der Waals surface area contributed by atoms with E-state index in [0.717, 1.165) is 22.4 Å². The molecule has 3 rings (SSSR count). The van der Waals surface area contributed by atoms with Crippen molar-refractivity contribution in [2.45, 2.75) is 26.2 Å². The quantitative estimate of drug-likeness (QED) is 0.570. The number of benzene rings is 3. The first kappa shape index (κ1) is 20.3. The van der Waals surface area contributed by atoms with Gasteiger partial charge in [-0.1, -0.05) is 54.1 Å². The summed E-state index contributed by atoms with van der Waals surface area (Å²) in [4.78, 5) is 2.17. The summed E-state index contributed by atoms with van der Waals surface area (Å²) in [6, 6.07) is 20.9. The molecule has 3 aromatic rings. The van der Waals surface area contributed by atoms with Crippen LogP contribution in [0, 0.1) is 5.82 Å². The third-order valence-corrected chi connectivity index (χ3v) is 5.03. The van der Waals surface area contributed by atoms with E-state index in [1.165, 1.54) is 6.07 Å². The van der Waals surface area contributed by atoms with Gasteiger partial charge in [0.25, 0.3) is 0 Å². The standard InChI is InChI=1S/C23H24ClFN2O/c1-28-20-11-9-19(10-12-20)15-27(14-18-7-5-17(13-26)6-8-18)16-21-22(24)3-2-4-23(21)25/h2-12H,13-16,26H2,1H3. The second-order valence-electron chi connectivity index (χ2n) is 6.71. The Hall–Kier alpha value is -2.40. The van der Waals surface area contributed by atoms with Gasteiger partial charge in [-0.2, -0.15) is 0 Å². The maximum absolute atomic E-state index is 14.3. The molecule has 0 aromatic heterocycles. The first-order chi connectivity index (χ1) is 13.6. The molecule has 0 radical (unpaired) electrons. The number of halogens is 2. The fourth-order valence-corrected chi connectivity index (χ4v) is 3.33. The third kappa shape index (κ3) is 5.32. The van der Waals surface area contributed by atoms with Crippen molar-refractivity contribution in [3.05, 3.63) is 99.8 Å². The number of ether oxygens (including phenoxy) is 1. The molecule has 146 valence electrons. The largest absolute Gasteiger partial charge is 0.497 e. The molecular formula is C23H24ClFN2O. The van der Waals surface area contributed by atoms with Crippen molar-refractivity contribution in [1.82, 2.24) is 4.90 Å². The lowest BCUT2D eigenvalue weighted by Crippen LogP contribution is -2.23. The number of hydrogen-bond donors (Lipinski definition) is 1. The summed E-state index contributed by atoms with van der Waals surface area (Å²) in [7, 11) is 1.65. The Labute approximate surface area is 170 Å². The van der Waals surface area contributed by atoms with E-state index in [4.69, 9.17) is 22.1 Å². The summed E-state index contributed by atoms with van der Waals surface area (Å²) in [5.74, 6) is 0.524. The van der Waals surface area contributed by atoms with E-state index in [1.807, 2.05) is 36.4 Å². The zero-order valence-corrected chi connectivity index (χ0v) is 16.6. The second-order valence-corrected chi connectivity index (χ2v) is 7.12. The van der Waals surface area contributed by atoms with Crippen molar-refractivity contribution < 1.29 is 9.13 Å². The Kier molecular flexibility index (Phi) is 7.04. The molecule has 0 spiro atoms. The predicted octanol–water partition coefficient (Wildman–Crippen LogP) is 5.15. The summed E-state index contributed by atoms with van der Waals surface area (Å²) in [6.07, 6.45) is 0. The minimum Gasteiger partial charge on any atom is -0.497 e. The van der Waals surface area contributed by atoms with E-state index in [0.29, 0.717) is 36.8 Å². The van der Waals surface area contributed by atoms with Crippen LogP contribution >= 0.6 is 11.6 Å². The van der Waals surface area contributed by atoms with Gasteiger partial charge >= 0.3 is 0 Å². The van der Waals surface area contributed by atoms with Gasteiger partial charge in [0.15, 0.2) is 0 Å². The molecule has 0 fully saturated rings. The van der Waals surface area contributed by atoms with Crippen LogP contribution in [0.4, 0.5) is 4.39 Å². The molecule has 0 heterocycles. The monoisotopic (exact) mass is 398 g/mol. The maximum Gasteiger partial charge on any atom is 0.129 e. The molecule has 3 aromatic carbocycles. The van der Waals surface area contributed by atoms with Gasteiger partial charge in [0, 0.05) is 36.8 Å². The summed E-state index contributed by atoms with van der Waals surface area (Å²) in [6.45, 7) is 2.26. The highest BCUT2D eigenvalue weighted by molar-refractivity contribution is 6.31. The number of hydrogen-bond acceptors (Lipinski definition) is 3. The van der Waals surface area contributed by atoms with Crippen LogP contribution < -0.4 is 10.5 Å². The Balaban J connectivity index is 1.83. The van der Waals surface area contributed by atoms with Crippen LogP contribution in [0.1, 0.15) is 22.3 Å². The molecule has 0 aliphatic rings. The molecule has 5 heteroatoms. The highest BCUT2D eigenvalue weighted by Crippen LogP contribution is 2.23. The average Bonchev–Trinajstić information content (AvgIpc) is 2.72. The fourth-order valence-electron chi connectivity index (χ4n) is 3.10. The molecule has 0 unspecified atom stereocenters. The number of nitrogens with two attached hydrogens (primary N) is 1. The summed E-state index contributed by atoms with van der Waals surface area (Å²) < 4.78 is 19.6. The van der Waals surface area contributed by atoms with Crippen molar-refractivity contribution in [1.29, 1.82) is 0 Å². The van der Waals surface area contributed by atoms with Gasteiger partial charge in [0.1, 0.15) is 11.6 Å². The Bertz CT molecular complexity index is 828. The zero-order chi connectivity index (χ0) is 19.9. The van der Waals surface area contributed by atoms with Gasteiger partial charge in [0.05, 0.1) is 7.11 Å². The molecule has 0 amide bonds. The van der Waals surface area contributed by atoms with Crippen molar-refractivity contribution in [3.63, 3.8) is 0 Å². The van der Waals surface area contributed by atoms with Crippen molar-refractivity contribution in [2.24, 2.45) is 5.73 Å². The van der Waals surface area contributed by atoms with Gasteiger partial charge in [-0.25, -0.2) is 4.39 Å². The van der Waals surface area contributed by atoms with Crippen molar-refractivity contribution >= 4 is 11.6 Å². The molecule has 2 N–H and O–H groups in total. The lowest BCUT2D eigenvalue weighted by molar-refractivity contribution is 0.244. The molecular weight excluding hydrogens is 375 g/mol. The van der Waals surface area contributed by atoms with Crippen LogP contribution in [-0.2, 0) is 26.2 Å². The van der Waals surface area contributed by atoms with E-state index >= 15 is 0 Å². The molecule has 0 atom stereocenters. The molecule has 0 bridgehead atoms. The van der Waals surface area contributed by atoms with E-state index in [-0.39, 0.29) is 5.82 Å². The van der Waals surface area contributed by atoms with Gasteiger partial charge in [-0.05, 0) is 41.0 Å². The fraction of sp³-hybridized carbons (Fsp3) is 0.217. The lowest BCUT2D eigenvalue weighted by Gasteiger charge is -2.24. The Morgan fingerprint density at radius 2 is 1.43 bits per heavy atom. The van der Waals surface area contributed by atoms with Crippen molar-refractivity contribution in [2.75, 3.05) is 7.11 Å². The minimum atomic E-state index is -0.286. The van der Waals surface area contributed by atoms with Crippen LogP contribution in [0.5, 0.6) is 5.75 Å². The predicted molar refractivity (Wildman–Crippen MR) is 112 cm³/mol. The average molecular weight is 399 g/mol. The van der Waals surface area contributed by atoms with E-state index < -0.39 is 0 Å². The molecule has 0 aliphatic heterocycles. The van der Waals surface area contributed by atoms with Crippen LogP contribution in [0.2, 0.25) is 5.02 Å². The number of rotatable bonds is 8. The van der Waals surface area contributed by atoms with Crippen LogP contribution in [0.25, 0.3) is 0 Å². The smallest absolute Gasteiger partial charge is 0.129 e. The van der Waals surface area contributed by atoms with Crippen LogP contribution in [0.3, 0.4) is 0 Å². The molecule has 0 saturated heterocycles. The van der Waals surface area contributed by atoms with Crippen LogP contribution in [0.15, 0.2) is 66.7 Å². The van der Waals surface area contributed by atoms with E-state index in [1.54, 1.807) is 19.2 Å². The van der Waals surface area contributed by atoms with Gasteiger partial charge in [-0.15, -0.1) is 0 Å². The number of methoxy groups -OCH3 is 1. The first-order valence-corrected chi connectivity index (χ1v) is 9.53. The summed E-state index contributed by atoms with van der Waals surface area (Å²) in [5.41, 5.74) is 9.54. The SMILES string of the molecule is COc1ccc(CN(Cc2ccc(CN)cc2)Cc2c(F)cccc2Cl)cc1. The van der Waals surface area contributed by atoms with Crippen LogP contribution in [-0.4, -0.2) is 12.0 Å². The number of nitrogens with zero attached hydrogens (tertiary/aromatic N) is 1. The van der Waals surface area contributed by atoms with Gasteiger partial charge in [0.2, 0.25) is 0 Å².